The topological polar surface area (TPSA) is 95.1 Å². The number of furan rings is 1. The van der Waals surface area contributed by atoms with Crippen LogP contribution in [0.25, 0.3) is 22.1 Å². The van der Waals surface area contributed by atoms with Crippen molar-refractivity contribution >= 4 is 33.9 Å². The van der Waals surface area contributed by atoms with E-state index in [9.17, 15) is 4.79 Å². The molecule has 8 heteroatoms. The number of carbonyl (C=O) groups excluding carboxylic acids is 1. The highest BCUT2D eigenvalue weighted by molar-refractivity contribution is 6.05. The minimum absolute atomic E-state index is 0.108. The van der Waals surface area contributed by atoms with Gasteiger partial charge >= 0.3 is 0 Å². The van der Waals surface area contributed by atoms with Gasteiger partial charge in [0.15, 0.2) is 11.4 Å². The van der Waals surface area contributed by atoms with Crippen molar-refractivity contribution in [2.24, 2.45) is 0 Å². The van der Waals surface area contributed by atoms with E-state index in [0.717, 1.165) is 16.7 Å². The largest absolute Gasteiger partial charge is 0.492 e. The number of aromatic nitrogens is 4. The fraction of sp³-hybridized carbons (Fsp3) is 0.0909. The summed E-state index contributed by atoms with van der Waals surface area (Å²) >= 11 is 0. The van der Waals surface area contributed by atoms with Crippen LogP contribution in [0.1, 0.15) is 10.6 Å². The summed E-state index contributed by atoms with van der Waals surface area (Å²) in [6.45, 7) is 1.01. The molecule has 1 amide bonds. The van der Waals surface area contributed by atoms with Gasteiger partial charge in [-0.3, -0.25) is 10.1 Å². The van der Waals surface area contributed by atoms with E-state index in [-0.39, 0.29) is 11.7 Å². The fourth-order valence-electron chi connectivity index (χ4n) is 3.33. The zero-order valence-electron chi connectivity index (χ0n) is 15.9. The van der Waals surface area contributed by atoms with E-state index < -0.39 is 5.91 Å². The van der Waals surface area contributed by atoms with E-state index in [1.807, 2.05) is 59.2 Å². The van der Waals surface area contributed by atoms with Gasteiger partial charge in [-0.25, -0.2) is 0 Å². The van der Waals surface area contributed by atoms with Crippen LogP contribution in [-0.4, -0.2) is 32.3 Å². The van der Waals surface area contributed by atoms with Gasteiger partial charge in [-0.2, -0.15) is 4.98 Å². The van der Waals surface area contributed by atoms with Crippen LogP contribution in [0.15, 0.2) is 77.4 Å². The van der Waals surface area contributed by atoms with Gasteiger partial charge in [0.2, 0.25) is 0 Å². The van der Waals surface area contributed by atoms with E-state index >= 15 is 0 Å². The lowest BCUT2D eigenvalue weighted by molar-refractivity contribution is 0.0995. The lowest BCUT2D eigenvalue weighted by atomic mass is 10.2. The molecular formula is C22H17N5O3. The van der Waals surface area contributed by atoms with Crippen molar-refractivity contribution in [3.05, 3.63) is 78.8 Å². The Morgan fingerprint density at radius 1 is 1.00 bits per heavy atom. The third kappa shape index (κ3) is 3.35. The molecule has 2 aromatic carbocycles. The molecule has 0 spiro atoms. The zero-order chi connectivity index (χ0) is 20.3. The summed E-state index contributed by atoms with van der Waals surface area (Å²) in [6.07, 6.45) is 1.43. The first-order chi connectivity index (χ1) is 14.8. The Morgan fingerprint density at radius 3 is 2.67 bits per heavy atom. The van der Waals surface area contributed by atoms with Crippen molar-refractivity contribution in [2.45, 2.75) is 6.54 Å². The van der Waals surface area contributed by atoms with Crippen LogP contribution in [0.2, 0.25) is 0 Å². The zero-order valence-corrected chi connectivity index (χ0v) is 15.9. The predicted molar refractivity (Wildman–Crippen MR) is 111 cm³/mol. The summed E-state index contributed by atoms with van der Waals surface area (Å²) in [6, 6.07) is 20.7. The standard InChI is InChI=1S/C22H17N5O3/c28-21(18-11-6-13-30-18)24-22-23-20-19(25-26-22)16-9-4-5-10-17(16)27(20)12-14-29-15-7-2-1-3-8-15/h1-11,13H,12,14H2,(H,23,24,26,28). The number of carbonyl (C=O) groups is 1. The van der Waals surface area contributed by atoms with E-state index in [4.69, 9.17) is 9.15 Å². The highest BCUT2D eigenvalue weighted by atomic mass is 16.5. The van der Waals surface area contributed by atoms with Crippen molar-refractivity contribution in [1.82, 2.24) is 19.7 Å². The predicted octanol–water partition coefficient (Wildman–Crippen LogP) is 3.90. The number of amides is 1. The SMILES string of the molecule is O=C(Nc1nnc2c3ccccc3n(CCOc3ccccc3)c2n1)c1ccco1. The Bertz CT molecular complexity index is 1310. The van der Waals surface area contributed by atoms with E-state index in [0.29, 0.717) is 24.3 Å². The van der Waals surface area contributed by atoms with Crippen LogP contribution in [-0.2, 0) is 6.54 Å². The lowest BCUT2D eigenvalue weighted by Crippen LogP contribution is -2.15. The maximum Gasteiger partial charge on any atom is 0.293 e. The summed E-state index contributed by atoms with van der Waals surface area (Å²) in [5.74, 6) is 0.654. The van der Waals surface area contributed by atoms with Crippen LogP contribution in [0, 0.1) is 0 Å². The van der Waals surface area contributed by atoms with Gasteiger partial charge in [0.05, 0.1) is 18.3 Å². The van der Waals surface area contributed by atoms with Crippen LogP contribution >= 0.6 is 0 Å². The smallest absolute Gasteiger partial charge is 0.293 e. The molecule has 3 aromatic heterocycles. The molecule has 0 aliphatic carbocycles. The number of hydrogen-bond donors (Lipinski definition) is 1. The molecule has 0 fully saturated rings. The van der Waals surface area contributed by atoms with Gasteiger partial charge in [0.25, 0.3) is 11.9 Å². The molecule has 8 nitrogen and oxygen atoms in total. The number of nitrogens with zero attached hydrogens (tertiary/aromatic N) is 4. The van der Waals surface area contributed by atoms with Gasteiger partial charge in [0, 0.05) is 5.39 Å². The van der Waals surface area contributed by atoms with Gasteiger partial charge in [0.1, 0.15) is 17.9 Å². The minimum Gasteiger partial charge on any atom is -0.492 e. The number of anilines is 1. The average molecular weight is 399 g/mol. The molecule has 0 bridgehead atoms. The average Bonchev–Trinajstić information content (AvgIpc) is 3.42. The second-order valence-electron chi connectivity index (χ2n) is 6.57. The molecule has 0 unspecified atom stereocenters. The monoisotopic (exact) mass is 399 g/mol. The number of benzene rings is 2. The molecule has 148 valence electrons. The third-order valence-corrected chi connectivity index (χ3v) is 4.67. The number of rotatable bonds is 6. The minimum atomic E-state index is -0.434. The molecule has 0 radical (unpaired) electrons. The van der Waals surface area contributed by atoms with Gasteiger partial charge < -0.3 is 13.7 Å². The third-order valence-electron chi connectivity index (χ3n) is 4.67. The van der Waals surface area contributed by atoms with E-state index in [1.54, 1.807) is 12.1 Å². The van der Waals surface area contributed by atoms with E-state index in [2.05, 4.69) is 20.5 Å². The van der Waals surface area contributed by atoms with Crippen molar-refractivity contribution in [1.29, 1.82) is 0 Å². The maximum absolute atomic E-state index is 12.3. The number of ether oxygens (including phenoxy) is 1. The van der Waals surface area contributed by atoms with Crippen molar-refractivity contribution < 1.29 is 13.9 Å². The molecule has 5 aromatic rings. The van der Waals surface area contributed by atoms with Crippen LogP contribution < -0.4 is 10.1 Å². The van der Waals surface area contributed by atoms with Crippen LogP contribution in [0.5, 0.6) is 5.75 Å². The second kappa shape index (κ2) is 7.67. The number of nitrogens with one attached hydrogen (secondary N) is 1. The molecule has 1 N–H and O–H groups in total. The Balaban J connectivity index is 1.47. The van der Waals surface area contributed by atoms with Gasteiger partial charge in [-0.1, -0.05) is 36.4 Å². The molecule has 5 rings (SSSR count). The molecule has 3 heterocycles. The lowest BCUT2D eigenvalue weighted by Gasteiger charge is -2.09. The Kier molecular flexibility index (Phi) is 4.57. The van der Waals surface area contributed by atoms with Crippen molar-refractivity contribution in [3.63, 3.8) is 0 Å². The summed E-state index contributed by atoms with van der Waals surface area (Å²) in [4.78, 5) is 16.8. The quantitative estimate of drug-likeness (QED) is 0.465. The van der Waals surface area contributed by atoms with E-state index in [1.165, 1.54) is 6.26 Å². The Morgan fingerprint density at radius 2 is 1.83 bits per heavy atom. The van der Waals surface area contributed by atoms with Gasteiger partial charge in [-0.15, -0.1) is 10.2 Å². The Hall–Kier alpha value is -4.20. The summed E-state index contributed by atoms with van der Waals surface area (Å²) in [5, 5.41) is 11.9. The number of para-hydroxylation sites is 2. The molecule has 0 saturated carbocycles. The molecule has 0 atom stereocenters. The maximum atomic E-state index is 12.3. The van der Waals surface area contributed by atoms with Crippen molar-refractivity contribution in [3.8, 4) is 5.75 Å². The summed E-state index contributed by atoms with van der Waals surface area (Å²) in [7, 11) is 0. The van der Waals surface area contributed by atoms with Crippen LogP contribution in [0.4, 0.5) is 5.95 Å². The molecular weight excluding hydrogens is 382 g/mol. The van der Waals surface area contributed by atoms with Gasteiger partial charge in [-0.05, 0) is 30.3 Å². The fourth-order valence-corrected chi connectivity index (χ4v) is 3.33. The molecule has 0 aliphatic rings. The van der Waals surface area contributed by atoms with Crippen molar-refractivity contribution in [2.75, 3.05) is 11.9 Å². The second-order valence-corrected chi connectivity index (χ2v) is 6.57. The Labute approximate surface area is 171 Å². The van der Waals surface area contributed by atoms with Crippen LogP contribution in [0.3, 0.4) is 0 Å². The molecule has 30 heavy (non-hydrogen) atoms. The summed E-state index contributed by atoms with van der Waals surface area (Å²) < 4.78 is 13.0. The molecule has 0 aliphatic heterocycles. The first-order valence-electron chi connectivity index (χ1n) is 9.44. The number of hydrogen-bond acceptors (Lipinski definition) is 6. The highest BCUT2D eigenvalue weighted by Crippen LogP contribution is 2.26. The number of fused-ring (bicyclic) bond motifs is 3. The highest BCUT2D eigenvalue weighted by Gasteiger charge is 2.16. The molecule has 0 saturated heterocycles. The first kappa shape index (κ1) is 17.9. The normalized spacial score (nSPS) is 11.1. The summed E-state index contributed by atoms with van der Waals surface area (Å²) in [5.41, 5.74) is 2.26. The first-order valence-corrected chi connectivity index (χ1v) is 9.44.